The summed E-state index contributed by atoms with van der Waals surface area (Å²) >= 11 is 1.51. The first-order chi connectivity index (χ1) is 11.4. The zero-order valence-corrected chi connectivity index (χ0v) is 14.8. The van der Waals surface area contributed by atoms with Crippen molar-refractivity contribution >= 4 is 27.1 Å². The number of ether oxygens (including phenoxy) is 1. The average molecular weight is 366 g/mol. The van der Waals surface area contributed by atoms with E-state index in [1.54, 1.807) is 36.8 Å². The Morgan fingerprint density at radius 2 is 2.12 bits per heavy atom. The lowest BCUT2D eigenvalue weighted by molar-refractivity contribution is 0.0747. The molecule has 128 valence electrons. The van der Waals surface area contributed by atoms with E-state index in [9.17, 15) is 13.2 Å². The van der Waals surface area contributed by atoms with Gasteiger partial charge in [-0.1, -0.05) is 0 Å². The summed E-state index contributed by atoms with van der Waals surface area (Å²) in [4.78, 5) is 18.1. The molecule has 0 saturated carbocycles. The minimum absolute atomic E-state index is 0.0457. The summed E-state index contributed by atoms with van der Waals surface area (Å²) in [6.45, 7) is 0.386. The van der Waals surface area contributed by atoms with Crippen molar-refractivity contribution in [2.45, 2.75) is 19.1 Å². The monoisotopic (exact) mass is 366 g/mol. The van der Waals surface area contributed by atoms with Crippen LogP contribution in [0.2, 0.25) is 0 Å². The molecular formula is C16H18N2O4S2. The van der Waals surface area contributed by atoms with Crippen LogP contribution < -0.4 is 4.74 Å². The lowest BCUT2D eigenvalue weighted by Gasteiger charge is -2.23. The fourth-order valence-electron chi connectivity index (χ4n) is 2.61. The lowest BCUT2D eigenvalue weighted by atomic mass is 10.1. The number of hydrogen-bond donors (Lipinski definition) is 0. The molecule has 1 aliphatic rings. The predicted molar refractivity (Wildman–Crippen MR) is 92.0 cm³/mol. The molecule has 0 radical (unpaired) electrons. The lowest BCUT2D eigenvalue weighted by Crippen LogP contribution is -2.37. The van der Waals surface area contributed by atoms with Gasteiger partial charge in [0.15, 0.2) is 9.84 Å². The van der Waals surface area contributed by atoms with E-state index in [-0.39, 0.29) is 23.5 Å². The average Bonchev–Trinajstić information content (AvgIpc) is 3.21. The first kappa shape index (κ1) is 16.9. The van der Waals surface area contributed by atoms with E-state index in [1.165, 1.54) is 16.2 Å². The van der Waals surface area contributed by atoms with Crippen LogP contribution in [0.15, 0.2) is 35.2 Å². The van der Waals surface area contributed by atoms with Crippen molar-refractivity contribution in [3.05, 3.63) is 46.4 Å². The highest BCUT2D eigenvalue weighted by Gasteiger charge is 2.32. The number of sulfone groups is 1. The van der Waals surface area contributed by atoms with Crippen LogP contribution in [0.5, 0.6) is 5.75 Å². The molecule has 1 aliphatic heterocycles. The molecule has 2 aromatic rings. The number of aromatic nitrogens is 1. The number of carbonyl (C=O) groups is 1. The molecule has 1 atom stereocenters. The Labute approximate surface area is 145 Å². The fourth-order valence-corrected chi connectivity index (χ4v) is 4.93. The molecule has 6 nitrogen and oxygen atoms in total. The van der Waals surface area contributed by atoms with E-state index in [2.05, 4.69) is 4.98 Å². The van der Waals surface area contributed by atoms with Crippen LogP contribution in [-0.2, 0) is 16.4 Å². The molecule has 2 heterocycles. The van der Waals surface area contributed by atoms with Crippen molar-refractivity contribution < 1.29 is 17.9 Å². The molecular weight excluding hydrogens is 348 g/mol. The van der Waals surface area contributed by atoms with E-state index < -0.39 is 9.84 Å². The van der Waals surface area contributed by atoms with Gasteiger partial charge in [-0.05, 0) is 30.7 Å². The van der Waals surface area contributed by atoms with Crippen LogP contribution in [0.4, 0.5) is 0 Å². The van der Waals surface area contributed by atoms with Gasteiger partial charge in [0.2, 0.25) is 0 Å². The highest BCUT2D eigenvalue weighted by molar-refractivity contribution is 7.91. The normalized spacial score (nSPS) is 19.1. The molecule has 8 heteroatoms. The van der Waals surface area contributed by atoms with Gasteiger partial charge in [0, 0.05) is 24.0 Å². The Kier molecular flexibility index (Phi) is 4.86. The third kappa shape index (κ3) is 3.93. The Morgan fingerprint density at radius 1 is 1.38 bits per heavy atom. The summed E-state index contributed by atoms with van der Waals surface area (Å²) in [5.41, 5.74) is 3.13. The van der Waals surface area contributed by atoms with Gasteiger partial charge in [-0.15, -0.1) is 11.3 Å². The Balaban J connectivity index is 1.61. The summed E-state index contributed by atoms with van der Waals surface area (Å²) in [7, 11) is -1.36. The van der Waals surface area contributed by atoms with Crippen molar-refractivity contribution in [3.63, 3.8) is 0 Å². The van der Waals surface area contributed by atoms with Gasteiger partial charge in [-0.25, -0.2) is 13.4 Å². The topological polar surface area (TPSA) is 76.6 Å². The van der Waals surface area contributed by atoms with Crippen LogP contribution in [0.1, 0.15) is 22.5 Å². The second-order valence-electron chi connectivity index (χ2n) is 5.77. The van der Waals surface area contributed by atoms with Crippen LogP contribution >= 0.6 is 11.3 Å². The quantitative estimate of drug-likeness (QED) is 0.809. The molecule has 1 amide bonds. The first-order valence-electron chi connectivity index (χ1n) is 7.52. The Bertz CT molecular complexity index is 801. The molecule has 1 saturated heterocycles. The first-order valence-corrected chi connectivity index (χ1v) is 10.3. The van der Waals surface area contributed by atoms with Crippen molar-refractivity contribution in [1.82, 2.24) is 9.88 Å². The van der Waals surface area contributed by atoms with Gasteiger partial charge in [0.1, 0.15) is 12.4 Å². The molecule has 1 aromatic heterocycles. The van der Waals surface area contributed by atoms with Gasteiger partial charge >= 0.3 is 0 Å². The van der Waals surface area contributed by atoms with Gasteiger partial charge in [0.25, 0.3) is 5.91 Å². The minimum atomic E-state index is -3.01. The number of benzene rings is 1. The minimum Gasteiger partial charge on any atom is -0.487 e. The maximum absolute atomic E-state index is 12.5. The standard InChI is InChI=1S/C16H18N2O4S2/c1-18(14-6-7-24(20,21)10-14)16(19)12-2-4-15(5-3-12)22-8-13-9-23-11-17-13/h2-5,9,11,14H,6-8,10H2,1H3. The summed E-state index contributed by atoms with van der Waals surface area (Å²) in [5.74, 6) is 0.678. The fraction of sp³-hybridized carbons (Fsp3) is 0.375. The van der Waals surface area contributed by atoms with Crippen LogP contribution in [-0.4, -0.2) is 48.8 Å². The predicted octanol–water partition coefficient (Wildman–Crippen LogP) is 1.98. The number of hydrogen-bond acceptors (Lipinski definition) is 6. The maximum Gasteiger partial charge on any atom is 0.253 e. The maximum atomic E-state index is 12.5. The molecule has 0 bridgehead atoms. The Morgan fingerprint density at radius 3 is 2.71 bits per heavy atom. The van der Waals surface area contributed by atoms with Crippen LogP contribution in [0, 0.1) is 0 Å². The Hall–Kier alpha value is -1.93. The second kappa shape index (κ2) is 6.90. The number of nitrogens with zero attached hydrogens (tertiary/aromatic N) is 2. The SMILES string of the molecule is CN(C(=O)c1ccc(OCc2cscn2)cc1)C1CCS(=O)(=O)C1. The van der Waals surface area contributed by atoms with Crippen molar-refractivity contribution in [1.29, 1.82) is 0 Å². The third-order valence-corrected chi connectivity index (χ3v) is 6.43. The summed E-state index contributed by atoms with van der Waals surface area (Å²) < 4.78 is 28.7. The zero-order valence-electron chi connectivity index (χ0n) is 13.2. The molecule has 24 heavy (non-hydrogen) atoms. The largest absolute Gasteiger partial charge is 0.487 e. The van der Waals surface area contributed by atoms with Crippen LogP contribution in [0.3, 0.4) is 0 Å². The van der Waals surface area contributed by atoms with Gasteiger partial charge in [0.05, 0.1) is 22.7 Å². The second-order valence-corrected chi connectivity index (χ2v) is 8.71. The number of carbonyl (C=O) groups excluding carboxylic acids is 1. The molecule has 0 aliphatic carbocycles. The van der Waals surface area contributed by atoms with Gasteiger partial charge < -0.3 is 9.64 Å². The number of thiazole rings is 1. The van der Waals surface area contributed by atoms with E-state index in [1.807, 2.05) is 5.38 Å². The van der Waals surface area contributed by atoms with E-state index in [0.717, 1.165) is 5.69 Å². The molecule has 0 N–H and O–H groups in total. The van der Waals surface area contributed by atoms with Crippen LogP contribution in [0.25, 0.3) is 0 Å². The van der Waals surface area contributed by atoms with E-state index >= 15 is 0 Å². The third-order valence-electron chi connectivity index (χ3n) is 4.05. The van der Waals surface area contributed by atoms with E-state index in [4.69, 9.17) is 4.74 Å². The van der Waals surface area contributed by atoms with Gasteiger partial charge in [-0.2, -0.15) is 0 Å². The number of rotatable bonds is 5. The van der Waals surface area contributed by atoms with E-state index in [0.29, 0.717) is 24.3 Å². The number of amides is 1. The molecule has 3 rings (SSSR count). The summed E-state index contributed by atoms with van der Waals surface area (Å²) in [6, 6.07) is 6.61. The van der Waals surface area contributed by atoms with Gasteiger partial charge in [-0.3, -0.25) is 4.79 Å². The molecule has 1 aromatic carbocycles. The highest BCUT2D eigenvalue weighted by Crippen LogP contribution is 2.20. The molecule has 1 fully saturated rings. The van der Waals surface area contributed by atoms with Crippen molar-refractivity contribution in [2.24, 2.45) is 0 Å². The van der Waals surface area contributed by atoms with Crippen molar-refractivity contribution in [3.8, 4) is 5.75 Å². The molecule has 0 spiro atoms. The highest BCUT2D eigenvalue weighted by atomic mass is 32.2. The van der Waals surface area contributed by atoms with Crippen molar-refractivity contribution in [2.75, 3.05) is 18.6 Å². The smallest absolute Gasteiger partial charge is 0.253 e. The molecule has 1 unspecified atom stereocenters. The summed E-state index contributed by atoms with van der Waals surface area (Å²) in [5, 5.41) is 1.92. The zero-order chi connectivity index (χ0) is 17.2. The summed E-state index contributed by atoms with van der Waals surface area (Å²) in [6.07, 6.45) is 0.499.